The summed E-state index contributed by atoms with van der Waals surface area (Å²) >= 11 is 0. The van der Waals surface area contributed by atoms with E-state index in [-0.39, 0.29) is 18.4 Å². The Morgan fingerprint density at radius 3 is 2.35 bits per heavy atom. The van der Waals surface area contributed by atoms with E-state index in [1.165, 1.54) is 18.1 Å². The highest BCUT2D eigenvalue weighted by Gasteiger charge is 2.30. The van der Waals surface area contributed by atoms with E-state index in [9.17, 15) is 14.7 Å². The second-order valence-corrected chi connectivity index (χ2v) is 5.66. The molecule has 0 heterocycles. The fourth-order valence-electron chi connectivity index (χ4n) is 2.55. The lowest BCUT2D eigenvalue weighted by molar-refractivity contribution is -0.142. The Bertz CT molecular complexity index is 499. The fourth-order valence-corrected chi connectivity index (χ4v) is 2.55. The van der Waals surface area contributed by atoms with Crippen molar-refractivity contribution in [2.45, 2.75) is 31.8 Å². The van der Waals surface area contributed by atoms with Crippen LogP contribution < -0.4 is 5.32 Å². The van der Waals surface area contributed by atoms with Gasteiger partial charge in [0, 0.05) is 12.5 Å². The van der Waals surface area contributed by atoms with E-state index in [2.05, 4.69) is 5.32 Å². The van der Waals surface area contributed by atoms with E-state index in [4.69, 9.17) is 5.11 Å². The molecule has 0 spiro atoms. The zero-order valence-corrected chi connectivity index (χ0v) is 11.4. The van der Waals surface area contributed by atoms with Gasteiger partial charge in [0.1, 0.15) is 0 Å². The van der Waals surface area contributed by atoms with Crippen LogP contribution >= 0.6 is 0 Å². The highest BCUT2D eigenvalue weighted by atomic mass is 16.4. The van der Waals surface area contributed by atoms with Crippen molar-refractivity contribution in [3.05, 3.63) is 35.4 Å². The highest BCUT2D eigenvalue weighted by molar-refractivity contribution is 5.80. The van der Waals surface area contributed by atoms with Gasteiger partial charge in [-0.05, 0) is 30.9 Å². The van der Waals surface area contributed by atoms with Gasteiger partial charge in [0.05, 0.1) is 12.0 Å². The maximum atomic E-state index is 12.1. The summed E-state index contributed by atoms with van der Waals surface area (Å²) in [6.07, 6.45) is 1.00. The fraction of sp³-hybridized carbons (Fsp3) is 0.467. The predicted octanol–water partition coefficient (Wildman–Crippen LogP) is 0.743. The minimum Gasteiger partial charge on any atom is -0.481 e. The molecule has 5 heteroatoms. The Labute approximate surface area is 117 Å². The molecular formula is C15H19NO4. The van der Waals surface area contributed by atoms with Crippen LogP contribution in [-0.2, 0) is 22.4 Å². The van der Waals surface area contributed by atoms with E-state index >= 15 is 0 Å². The average Bonchev–Trinajstić information content (AvgIpc) is 2.78. The monoisotopic (exact) mass is 277 g/mol. The molecule has 1 amide bonds. The van der Waals surface area contributed by atoms with Crippen molar-refractivity contribution in [1.82, 2.24) is 5.32 Å². The van der Waals surface area contributed by atoms with Gasteiger partial charge in [-0.15, -0.1) is 0 Å². The average molecular weight is 277 g/mol. The SMILES string of the molecule is CC(O)(CNC(=O)C1Cc2ccccc2C1)CC(=O)O. The summed E-state index contributed by atoms with van der Waals surface area (Å²) < 4.78 is 0. The number of benzene rings is 1. The summed E-state index contributed by atoms with van der Waals surface area (Å²) in [5.74, 6) is -1.35. The minimum absolute atomic E-state index is 0.0506. The molecule has 20 heavy (non-hydrogen) atoms. The third-order valence-electron chi connectivity index (χ3n) is 3.60. The van der Waals surface area contributed by atoms with Crippen molar-refractivity contribution in [1.29, 1.82) is 0 Å². The number of nitrogens with one attached hydrogen (secondary N) is 1. The van der Waals surface area contributed by atoms with Gasteiger partial charge in [-0.25, -0.2) is 0 Å². The molecule has 0 radical (unpaired) electrons. The van der Waals surface area contributed by atoms with Crippen LogP contribution in [0.2, 0.25) is 0 Å². The molecule has 5 nitrogen and oxygen atoms in total. The molecule has 108 valence electrons. The number of hydrogen-bond donors (Lipinski definition) is 3. The molecular weight excluding hydrogens is 258 g/mol. The van der Waals surface area contributed by atoms with E-state index in [0.717, 1.165) is 0 Å². The summed E-state index contributed by atoms with van der Waals surface area (Å²) in [6, 6.07) is 7.94. The normalized spacial score (nSPS) is 17.3. The lowest BCUT2D eigenvalue weighted by Crippen LogP contribution is -2.44. The third-order valence-corrected chi connectivity index (χ3v) is 3.60. The number of aliphatic carboxylic acids is 1. The molecule has 3 N–H and O–H groups in total. The molecule has 0 aromatic heterocycles. The second-order valence-electron chi connectivity index (χ2n) is 5.66. The van der Waals surface area contributed by atoms with E-state index in [1.54, 1.807) is 0 Å². The molecule has 0 saturated heterocycles. The van der Waals surface area contributed by atoms with Gasteiger partial charge < -0.3 is 15.5 Å². The highest BCUT2D eigenvalue weighted by Crippen LogP contribution is 2.26. The molecule has 0 fully saturated rings. The molecule has 1 atom stereocenters. The summed E-state index contributed by atoms with van der Waals surface area (Å²) in [4.78, 5) is 22.7. The molecule has 0 bridgehead atoms. The topological polar surface area (TPSA) is 86.6 Å². The lowest BCUT2D eigenvalue weighted by Gasteiger charge is -2.22. The van der Waals surface area contributed by atoms with Crippen molar-refractivity contribution in [3.63, 3.8) is 0 Å². The van der Waals surface area contributed by atoms with Crippen LogP contribution in [0.5, 0.6) is 0 Å². The first kappa shape index (κ1) is 14.5. The van der Waals surface area contributed by atoms with E-state index in [0.29, 0.717) is 12.8 Å². The number of hydrogen-bond acceptors (Lipinski definition) is 3. The number of carbonyl (C=O) groups is 2. The van der Waals surface area contributed by atoms with Crippen molar-refractivity contribution in [3.8, 4) is 0 Å². The summed E-state index contributed by atoms with van der Waals surface area (Å²) in [5, 5.41) is 21.2. The van der Waals surface area contributed by atoms with Crippen molar-refractivity contribution in [2.75, 3.05) is 6.54 Å². The third kappa shape index (κ3) is 3.57. The van der Waals surface area contributed by atoms with Crippen LogP contribution in [0, 0.1) is 5.92 Å². The minimum atomic E-state index is -1.42. The Morgan fingerprint density at radius 1 is 1.30 bits per heavy atom. The van der Waals surface area contributed by atoms with Crippen LogP contribution in [0.1, 0.15) is 24.5 Å². The maximum Gasteiger partial charge on any atom is 0.306 e. The number of carboxylic acid groups (broad SMARTS) is 1. The van der Waals surface area contributed by atoms with Crippen molar-refractivity contribution < 1.29 is 19.8 Å². The molecule has 1 aliphatic carbocycles. The quantitative estimate of drug-likeness (QED) is 0.741. The number of amides is 1. The molecule has 2 rings (SSSR count). The van der Waals surface area contributed by atoms with E-state index < -0.39 is 18.0 Å². The van der Waals surface area contributed by atoms with Crippen LogP contribution in [0.3, 0.4) is 0 Å². The zero-order chi connectivity index (χ0) is 14.8. The second kappa shape index (κ2) is 5.63. The number of fused-ring (bicyclic) bond motifs is 1. The summed E-state index contributed by atoms with van der Waals surface area (Å²) in [5.41, 5.74) is 0.947. The van der Waals surface area contributed by atoms with Crippen molar-refractivity contribution >= 4 is 11.9 Å². The van der Waals surface area contributed by atoms with Crippen LogP contribution in [0.15, 0.2) is 24.3 Å². The number of carboxylic acids is 1. The summed E-state index contributed by atoms with van der Waals surface area (Å²) in [7, 11) is 0. The van der Waals surface area contributed by atoms with Crippen molar-refractivity contribution in [2.24, 2.45) is 5.92 Å². The standard InChI is InChI=1S/C15H19NO4/c1-15(20,8-13(17)18)9-16-14(19)12-6-10-4-2-3-5-11(10)7-12/h2-5,12,20H,6-9H2,1H3,(H,16,19)(H,17,18). The Morgan fingerprint density at radius 2 is 1.85 bits per heavy atom. The molecule has 1 aromatic rings. The Kier molecular flexibility index (Phi) is 4.09. The molecule has 1 aliphatic rings. The summed E-state index contributed by atoms with van der Waals surface area (Å²) in [6.45, 7) is 1.36. The molecule has 1 aromatic carbocycles. The van der Waals surface area contributed by atoms with Crippen LogP contribution in [-0.4, -0.2) is 34.2 Å². The van der Waals surface area contributed by atoms with Gasteiger partial charge in [0.2, 0.25) is 5.91 Å². The first-order valence-electron chi connectivity index (χ1n) is 6.66. The zero-order valence-electron chi connectivity index (χ0n) is 11.4. The first-order valence-corrected chi connectivity index (χ1v) is 6.66. The van der Waals surface area contributed by atoms with Gasteiger partial charge in [-0.3, -0.25) is 9.59 Å². The maximum absolute atomic E-state index is 12.1. The van der Waals surface area contributed by atoms with Gasteiger partial charge in [-0.2, -0.15) is 0 Å². The van der Waals surface area contributed by atoms with E-state index in [1.807, 2.05) is 24.3 Å². The van der Waals surface area contributed by atoms with Crippen LogP contribution in [0.25, 0.3) is 0 Å². The number of aliphatic hydroxyl groups is 1. The largest absolute Gasteiger partial charge is 0.481 e. The molecule has 0 aliphatic heterocycles. The number of rotatable bonds is 5. The Balaban J connectivity index is 1.87. The van der Waals surface area contributed by atoms with Gasteiger partial charge in [-0.1, -0.05) is 24.3 Å². The lowest BCUT2D eigenvalue weighted by atomic mass is 10.0. The predicted molar refractivity (Wildman–Crippen MR) is 73.2 cm³/mol. The Hall–Kier alpha value is -1.88. The first-order chi connectivity index (χ1) is 9.37. The van der Waals surface area contributed by atoms with Gasteiger partial charge >= 0.3 is 5.97 Å². The van der Waals surface area contributed by atoms with Gasteiger partial charge in [0.15, 0.2) is 0 Å². The van der Waals surface area contributed by atoms with Gasteiger partial charge in [0.25, 0.3) is 0 Å². The molecule has 1 unspecified atom stereocenters. The van der Waals surface area contributed by atoms with Crippen LogP contribution in [0.4, 0.5) is 0 Å². The smallest absolute Gasteiger partial charge is 0.306 e. The molecule has 0 saturated carbocycles. The number of carbonyl (C=O) groups excluding carboxylic acids is 1.